The Morgan fingerprint density at radius 3 is 2.28 bits per heavy atom. The summed E-state index contributed by atoms with van der Waals surface area (Å²) in [5, 5.41) is 2.92. The fraction of sp³-hybridized carbons (Fsp3) is 0.321. The fourth-order valence-electron chi connectivity index (χ4n) is 4.73. The van der Waals surface area contributed by atoms with E-state index in [1.165, 1.54) is 22.7 Å². The molecule has 3 aromatic carbocycles. The normalized spacial score (nSPS) is 17.9. The van der Waals surface area contributed by atoms with Crippen molar-refractivity contribution in [3.05, 3.63) is 95.6 Å². The molecule has 36 heavy (non-hydrogen) atoms. The van der Waals surface area contributed by atoms with Crippen molar-refractivity contribution in [1.82, 2.24) is 10.2 Å². The molecular weight excluding hydrogens is 474 g/mol. The van der Waals surface area contributed by atoms with E-state index in [1.54, 1.807) is 36.4 Å². The summed E-state index contributed by atoms with van der Waals surface area (Å²) in [5.41, 5.74) is 3.39. The lowest BCUT2D eigenvalue weighted by Gasteiger charge is -2.34. The molecule has 1 fully saturated rings. The third-order valence-corrected chi connectivity index (χ3v) is 8.36. The Balaban J connectivity index is 1.25. The summed E-state index contributed by atoms with van der Waals surface area (Å²) in [4.78, 5) is 15.5. The number of likely N-dealkylation sites (tertiary alicyclic amines) is 1. The van der Waals surface area contributed by atoms with Gasteiger partial charge in [0.1, 0.15) is 5.75 Å². The predicted molar refractivity (Wildman–Crippen MR) is 140 cm³/mol. The first-order valence-electron chi connectivity index (χ1n) is 12.4. The number of sulfonamides is 1. The SMILES string of the molecule is O=C(NCc1ccc(CN2CCCC2)cc1)C1CN(S(=O)(=O)Cc2ccccc2)c2ccccc2O1. The van der Waals surface area contributed by atoms with Crippen molar-refractivity contribution in [3.63, 3.8) is 0 Å². The van der Waals surface area contributed by atoms with E-state index in [0.717, 1.165) is 25.2 Å². The molecule has 7 nitrogen and oxygen atoms in total. The molecule has 0 aromatic heterocycles. The van der Waals surface area contributed by atoms with Crippen LogP contribution in [-0.4, -0.2) is 45.0 Å². The Morgan fingerprint density at radius 2 is 1.53 bits per heavy atom. The monoisotopic (exact) mass is 505 g/mol. The minimum absolute atomic E-state index is 0.0766. The number of rotatable bonds is 8. The number of fused-ring (bicyclic) bond motifs is 1. The highest BCUT2D eigenvalue weighted by atomic mass is 32.2. The minimum atomic E-state index is -3.73. The predicted octanol–water partition coefficient (Wildman–Crippen LogP) is 3.70. The lowest BCUT2D eigenvalue weighted by atomic mass is 10.1. The third-order valence-electron chi connectivity index (χ3n) is 6.65. The molecule has 1 saturated heterocycles. The van der Waals surface area contributed by atoms with Crippen LogP contribution in [0.4, 0.5) is 5.69 Å². The summed E-state index contributed by atoms with van der Waals surface area (Å²) in [6.45, 7) is 3.53. The van der Waals surface area contributed by atoms with Gasteiger partial charge in [-0.3, -0.25) is 14.0 Å². The summed E-state index contributed by atoms with van der Waals surface area (Å²) < 4.78 is 33.9. The van der Waals surface area contributed by atoms with Crippen LogP contribution >= 0.6 is 0 Å². The molecule has 0 spiro atoms. The molecule has 1 amide bonds. The maximum Gasteiger partial charge on any atom is 0.263 e. The highest BCUT2D eigenvalue weighted by Crippen LogP contribution is 2.35. The quantitative estimate of drug-likeness (QED) is 0.505. The molecule has 1 atom stereocenters. The molecule has 1 unspecified atom stereocenters. The Hall–Kier alpha value is -3.36. The molecule has 5 rings (SSSR count). The summed E-state index contributed by atoms with van der Waals surface area (Å²) in [5.74, 6) is -0.113. The Bertz CT molecular complexity index is 1290. The second-order valence-corrected chi connectivity index (χ2v) is 11.3. The lowest BCUT2D eigenvalue weighted by Crippen LogP contribution is -2.50. The molecule has 8 heteroatoms. The van der Waals surface area contributed by atoms with Crippen molar-refractivity contribution < 1.29 is 17.9 Å². The summed E-state index contributed by atoms with van der Waals surface area (Å²) in [7, 11) is -3.73. The summed E-state index contributed by atoms with van der Waals surface area (Å²) in [6.07, 6.45) is 1.59. The Labute approximate surface area is 212 Å². The molecule has 188 valence electrons. The van der Waals surface area contributed by atoms with Gasteiger partial charge in [-0.2, -0.15) is 0 Å². The van der Waals surface area contributed by atoms with E-state index >= 15 is 0 Å². The maximum atomic E-state index is 13.4. The van der Waals surface area contributed by atoms with E-state index < -0.39 is 16.1 Å². The molecule has 2 heterocycles. The number of hydrogen-bond acceptors (Lipinski definition) is 5. The first kappa shape index (κ1) is 24.3. The number of benzene rings is 3. The Kier molecular flexibility index (Phi) is 7.25. The van der Waals surface area contributed by atoms with Crippen molar-refractivity contribution >= 4 is 21.6 Å². The second kappa shape index (κ2) is 10.7. The average Bonchev–Trinajstić information content (AvgIpc) is 3.41. The van der Waals surface area contributed by atoms with Crippen molar-refractivity contribution in [3.8, 4) is 5.75 Å². The molecule has 0 bridgehead atoms. The van der Waals surface area contributed by atoms with Crippen LogP contribution in [0.3, 0.4) is 0 Å². The van der Waals surface area contributed by atoms with Gasteiger partial charge in [0.15, 0.2) is 6.10 Å². The van der Waals surface area contributed by atoms with Gasteiger partial charge in [-0.15, -0.1) is 0 Å². The number of nitrogens with zero attached hydrogens (tertiary/aromatic N) is 2. The first-order chi connectivity index (χ1) is 17.5. The average molecular weight is 506 g/mol. The maximum absolute atomic E-state index is 13.4. The van der Waals surface area contributed by atoms with Gasteiger partial charge in [-0.25, -0.2) is 8.42 Å². The number of para-hydroxylation sites is 2. The van der Waals surface area contributed by atoms with Crippen molar-refractivity contribution in [2.45, 2.75) is 37.8 Å². The molecule has 0 aliphatic carbocycles. The van der Waals surface area contributed by atoms with Crippen molar-refractivity contribution in [2.24, 2.45) is 0 Å². The van der Waals surface area contributed by atoms with Crippen molar-refractivity contribution in [2.75, 3.05) is 23.9 Å². The fourth-order valence-corrected chi connectivity index (χ4v) is 6.31. The van der Waals surface area contributed by atoms with Crippen molar-refractivity contribution in [1.29, 1.82) is 0 Å². The van der Waals surface area contributed by atoms with E-state index in [-0.39, 0.29) is 18.2 Å². The topological polar surface area (TPSA) is 79.0 Å². The number of hydrogen-bond donors (Lipinski definition) is 1. The van der Waals surface area contributed by atoms with Gasteiger partial charge in [-0.1, -0.05) is 66.7 Å². The third kappa shape index (κ3) is 5.71. The minimum Gasteiger partial charge on any atom is -0.476 e. The Morgan fingerprint density at radius 1 is 0.861 bits per heavy atom. The van der Waals surface area contributed by atoms with Crippen LogP contribution in [0.5, 0.6) is 5.75 Å². The van der Waals surface area contributed by atoms with Gasteiger partial charge in [0.25, 0.3) is 5.91 Å². The van der Waals surface area contributed by atoms with E-state index in [9.17, 15) is 13.2 Å². The van der Waals surface area contributed by atoms with Gasteiger partial charge in [0, 0.05) is 13.1 Å². The molecule has 0 saturated carbocycles. The van der Waals surface area contributed by atoms with Crippen LogP contribution in [0.25, 0.3) is 0 Å². The molecule has 3 aromatic rings. The van der Waals surface area contributed by atoms with E-state index in [1.807, 2.05) is 30.3 Å². The second-order valence-electron chi connectivity index (χ2n) is 9.36. The first-order valence-corrected chi connectivity index (χ1v) is 14.0. The number of anilines is 1. The highest BCUT2D eigenvalue weighted by Gasteiger charge is 2.36. The van der Waals surface area contributed by atoms with Gasteiger partial charge in [0.2, 0.25) is 10.0 Å². The van der Waals surface area contributed by atoms with Crippen LogP contribution < -0.4 is 14.4 Å². The van der Waals surface area contributed by atoms with Gasteiger partial charge < -0.3 is 10.1 Å². The standard InChI is InChI=1S/C28H31N3O4S/c32-28(29-18-22-12-14-23(15-13-22)19-30-16-6-7-17-30)27-20-31(25-10-4-5-11-26(25)35-27)36(33,34)21-24-8-2-1-3-9-24/h1-5,8-15,27H,6-7,16-21H2,(H,29,32). The highest BCUT2D eigenvalue weighted by molar-refractivity contribution is 7.92. The number of nitrogens with one attached hydrogen (secondary N) is 1. The number of ether oxygens (including phenoxy) is 1. The van der Waals surface area contributed by atoms with Crippen LogP contribution in [0.1, 0.15) is 29.5 Å². The molecular formula is C28H31N3O4S. The summed E-state index contributed by atoms with van der Waals surface area (Å²) >= 11 is 0. The molecule has 0 radical (unpaired) electrons. The zero-order chi connectivity index (χ0) is 25.0. The number of carbonyl (C=O) groups excluding carboxylic acids is 1. The summed E-state index contributed by atoms with van der Waals surface area (Å²) in [6, 6.07) is 24.2. The van der Waals surface area contributed by atoms with Gasteiger partial charge in [-0.05, 0) is 54.8 Å². The largest absolute Gasteiger partial charge is 0.476 e. The van der Waals surface area contributed by atoms with Crippen LogP contribution in [0.2, 0.25) is 0 Å². The van der Waals surface area contributed by atoms with E-state index in [0.29, 0.717) is 23.5 Å². The zero-order valence-electron chi connectivity index (χ0n) is 20.2. The zero-order valence-corrected chi connectivity index (χ0v) is 21.0. The number of carbonyl (C=O) groups is 1. The number of amides is 1. The van der Waals surface area contributed by atoms with Crippen LogP contribution in [0, 0.1) is 0 Å². The van der Waals surface area contributed by atoms with Gasteiger partial charge in [0.05, 0.1) is 18.0 Å². The van der Waals surface area contributed by atoms with Gasteiger partial charge >= 0.3 is 0 Å². The molecule has 1 N–H and O–H groups in total. The smallest absolute Gasteiger partial charge is 0.263 e. The molecule has 2 aliphatic rings. The van der Waals surface area contributed by atoms with Crippen LogP contribution in [-0.2, 0) is 33.7 Å². The van der Waals surface area contributed by atoms with E-state index in [2.05, 4.69) is 22.3 Å². The van der Waals surface area contributed by atoms with E-state index in [4.69, 9.17) is 4.74 Å². The molecule has 2 aliphatic heterocycles. The van der Waals surface area contributed by atoms with Crippen LogP contribution in [0.15, 0.2) is 78.9 Å². The lowest BCUT2D eigenvalue weighted by molar-refractivity contribution is -0.127.